The average molecular weight is 292 g/mol. The van der Waals surface area contributed by atoms with Gasteiger partial charge < -0.3 is 10.6 Å². The van der Waals surface area contributed by atoms with Crippen LogP contribution in [0.3, 0.4) is 0 Å². The van der Waals surface area contributed by atoms with Crippen molar-refractivity contribution in [3.8, 4) is 0 Å². The van der Waals surface area contributed by atoms with Crippen molar-refractivity contribution in [3.05, 3.63) is 0 Å². The van der Waals surface area contributed by atoms with Gasteiger partial charge in [-0.3, -0.25) is 4.79 Å². The van der Waals surface area contributed by atoms with Crippen LogP contribution in [0.5, 0.6) is 0 Å². The number of carbonyl (C=O) groups excluding carboxylic acids is 1. The molecule has 0 aromatic carbocycles. The van der Waals surface area contributed by atoms with Gasteiger partial charge in [0.05, 0.1) is 12.0 Å². The Kier molecular flexibility index (Phi) is 4.94. The number of alkyl halides is 3. The summed E-state index contributed by atoms with van der Waals surface area (Å²) in [5.41, 5.74) is 0. The lowest BCUT2D eigenvalue weighted by Crippen LogP contribution is -2.54. The molecule has 0 aromatic rings. The van der Waals surface area contributed by atoms with Crippen LogP contribution < -0.4 is 10.6 Å². The second-order valence-electron chi connectivity index (χ2n) is 6.15. The molecule has 2 fully saturated rings. The Morgan fingerprint density at radius 1 is 1.15 bits per heavy atom. The van der Waals surface area contributed by atoms with E-state index in [0.717, 1.165) is 19.3 Å². The molecule has 1 saturated heterocycles. The highest BCUT2D eigenvalue weighted by Crippen LogP contribution is 2.32. The van der Waals surface area contributed by atoms with Gasteiger partial charge in [0.25, 0.3) is 0 Å². The first-order valence-electron chi connectivity index (χ1n) is 7.48. The summed E-state index contributed by atoms with van der Waals surface area (Å²) < 4.78 is 37.7. The fourth-order valence-corrected chi connectivity index (χ4v) is 3.17. The standard InChI is InChI=1S/C14H23F3N2O/c1-9-4-2-3-5-11(9)19-13(20)12-7-6-10(8-18-12)14(15,16)17/h9-12,18H,2-8H2,1H3,(H,19,20). The van der Waals surface area contributed by atoms with E-state index in [1.807, 2.05) is 0 Å². The van der Waals surface area contributed by atoms with Crippen LogP contribution in [0.4, 0.5) is 13.2 Å². The van der Waals surface area contributed by atoms with Crippen molar-refractivity contribution in [2.75, 3.05) is 6.54 Å². The molecule has 3 nitrogen and oxygen atoms in total. The van der Waals surface area contributed by atoms with Crippen LogP contribution in [-0.2, 0) is 4.79 Å². The van der Waals surface area contributed by atoms with E-state index in [4.69, 9.17) is 0 Å². The van der Waals surface area contributed by atoms with Gasteiger partial charge in [-0.25, -0.2) is 0 Å². The normalized spacial score (nSPS) is 35.6. The van der Waals surface area contributed by atoms with Crippen molar-refractivity contribution in [2.45, 2.75) is 63.7 Å². The summed E-state index contributed by atoms with van der Waals surface area (Å²) in [4.78, 5) is 12.1. The summed E-state index contributed by atoms with van der Waals surface area (Å²) in [7, 11) is 0. The summed E-state index contributed by atoms with van der Waals surface area (Å²) in [6.07, 6.45) is 0.536. The average Bonchev–Trinajstić information content (AvgIpc) is 2.40. The lowest BCUT2D eigenvalue weighted by molar-refractivity contribution is -0.180. The minimum atomic E-state index is -4.16. The van der Waals surface area contributed by atoms with Gasteiger partial charge in [-0.15, -0.1) is 0 Å². The van der Waals surface area contributed by atoms with E-state index >= 15 is 0 Å². The molecule has 20 heavy (non-hydrogen) atoms. The van der Waals surface area contributed by atoms with Crippen LogP contribution in [0, 0.1) is 11.8 Å². The molecule has 116 valence electrons. The van der Waals surface area contributed by atoms with E-state index in [2.05, 4.69) is 17.6 Å². The smallest absolute Gasteiger partial charge is 0.352 e. The van der Waals surface area contributed by atoms with Gasteiger partial charge in [-0.1, -0.05) is 19.8 Å². The molecule has 1 aliphatic carbocycles. The van der Waals surface area contributed by atoms with E-state index in [1.165, 1.54) is 6.42 Å². The van der Waals surface area contributed by atoms with Crippen molar-refractivity contribution < 1.29 is 18.0 Å². The van der Waals surface area contributed by atoms with E-state index in [1.54, 1.807) is 0 Å². The molecule has 0 aromatic heterocycles. The highest BCUT2D eigenvalue weighted by atomic mass is 19.4. The second kappa shape index (κ2) is 6.33. The van der Waals surface area contributed by atoms with Crippen molar-refractivity contribution >= 4 is 5.91 Å². The maximum Gasteiger partial charge on any atom is 0.393 e. The van der Waals surface area contributed by atoms with Crippen LogP contribution in [0.15, 0.2) is 0 Å². The predicted molar refractivity (Wildman–Crippen MR) is 70.1 cm³/mol. The third-order valence-electron chi connectivity index (χ3n) is 4.63. The first-order chi connectivity index (χ1) is 9.38. The molecule has 2 rings (SSSR count). The number of piperidine rings is 1. The Hall–Kier alpha value is -0.780. The SMILES string of the molecule is CC1CCCCC1NC(=O)C1CCC(C(F)(F)F)CN1. The van der Waals surface area contributed by atoms with Gasteiger partial charge in [0.2, 0.25) is 5.91 Å². The molecule has 0 radical (unpaired) electrons. The van der Waals surface area contributed by atoms with Crippen molar-refractivity contribution in [1.82, 2.24) is 10.6 Å². The number of carbonyl (C=O) groups is 1. The minimum absolute atomic E-state index is 0.0365. The van der Waals surface area contributed by atoms with Gasteiger partial charge in [0.1, 0.15) is 0 Å². The van der Waals surface area contributed by atoms with E-state index in [0.29, 0.717) is 5.92 Å². The third-order valence-corrected chi connectivity index (χ3v) is 4.63. The van der Waals surface area contributed by atoms with Gasteiger partial charge in [0.15, 0.2) is 0 Å². The summed E-state index contributed by atoms with van der Waals surface area (Å²) >= 11 is 0. The maximum absolute atomic E-state index is 12.6. The maximum atomic E-state index is 12.6. The van der Waals surface area contributed by atoms with E-state index < -0.39 is 18.1 Å². The van der Waals surface area contributed by atoms with Crippen LogP contribution in [0.25, 0.3) is 0 Å². The fraction of sp³-hybridized carbons (Fsp3) is 0.929. The Morgan fingerprint density at radius 2 is 1.85 bits per heavy atom. The minimum Gasteiger partial charge on any atom is -0.352 e. The highest BCUT2D eigenvalue weighted by molar-refractivity contribution is 5.82. The lowest BCUT2D eigenvalue weighted by atomic mass is 9.85. The largest absolute Gasteiger partial charge is 0.393 e. The van der Waals surface area contributed by atoms with Crippen LogP contribution >= 0.6 is 0 Å². The number of rotatable bonds is 2. The van der Waals surface area contributed by atoms with Crippen molar-refractivity contribution in [1.29, 1.82) is 0 Å². The first kappa shape index (κ1) is 15.6. The van der Waals surface area contributed by atoms with Gasteiger partial charge in [-0.05, 0) is 31.6 Å². The van der Waals surface area contributed by atoms with E-state index in [9.17, 15) is 18.0 Å². The van der Waals surface area contributed by atoms with E-state index in [-0.39, 0.29) is 31.3 Å². The van der Waals surface area contributed by atoms with Crippen LogP contribution in [0.1, 0.15) is 45.4 Å². The predicted octanol–water partition coefficient (Wildman–Crippen LogP) is 2.61. The molecule has 1 heterocycles. The Morgan fingerprint density at radius 3 is 2.40 bits per heavy atom. The number of nitrogens with one attached hydrogen (secondary N) is 2. The van der Waals surface area contributed by atoms with Crippen LogP contribution in [0.2, 0.25) is 0 Å². The molecule has 0 spiro atoms. The monoisotopic (exact) mass is 292 g/mol. The van der Waals surface area contributed by atoms with Gasteiger partial charge in [0, 0.05) is 12.6 Å². The highest BCUT2D eigenvalue weighted by Gasteiger charge is 2.42. The molecular formula is C14H23F3N2O. The molecule has 1 amide bonds. The molecule has 2 aliphatic rings. The summed E-state index contributed by atoms with van der Waals surface area (Å²) in [5, 5.41) is 5.76. The zero-order valence-electron chi connectivity index (χ0n) is 11.8. The summed E-state index contributed by atoms with van der Waals surface area (Å²) in [6.45, 7) is 1.97. The molecule has 6 heteroatoms. The second-order valence-corrected chi connectivity index (χ2v) is 6.15. The Balaban J connectivity index is 1.80. The Labute approximate surface area is 117 Å². The molecule has 0 bridgehead atoms. The lowest BCUT2D eigenvalue weighted by Gasteiger charge is -2.34. The summed E-state index contributed by atoms with van der Waals surface area (Å²) in [5.74, 6) is -0.997. The Bertz CT molecular complexity index is 338. The zero-order valence-corrected chi connectivity index (χ0v) is 11.8. The molecule has 4 atom stereocenters. The van der Waals surface area contributed by atoms with Crippen molar-refractivity contribution in [2.24, 2.45) is 11.8 Å². The van der Waals surface area contributed by atoms with Crippen molar-refractivity contribution in [3.63, 3.8) is 0 Å². The first-order valence-corrected chi connectivity index (χ1v) is 7.48. The number of hydrogen-bond acceptors (Lipinski definition) is 2. The fourth-order valence-electron chi connectivity index (χ4n) is 3.17. The molecule has 4 unspecified atom stereocenters. The quantitative estimate of drug-likeness (QED) is 0.821. The van der Waals surface area contributed by atoms with Gasteiger partial charge >= 0.3 is 6.18 Å². The third kappa shape index (κ3) is 3.87. The van der Waals surface area contributed by atoms with Gasteiger partial charge in [-0.2, -0.15) is 13.2 Å². The molecular weight excluding hydrogens is 269 g/mol. The number of hydrogen-bond donors (Lipinski definition) is 2. The molecule has 1 aliphatic heterocycles. The number of halogens is 3. The number of amides is 1. The molecule has 2 N–H and O–H groups in total. The topological polar surface area (TPSA) is 41.1 Å². The summed E-state index contributed by atoms with van der Waals surface area (Å²) in [6, 6.07) is -0.291. The van der Waals surface area contributed by atoms with Crippen LogP contribution in [-0.4, -0.2) is 30.7 Å². The zero-order chi connectivity index (χ0) is 14.8. The molecule has 1 saturated carbocycles.